The summed E-state index contributed by atoms with van der Waals surface area (Å²) >= 11 is 0. The van der Waals surface area contributed by atoms with Crippen LogP contribution in [0.2, 0.25) is 0 Å². The molecule has 4 heteroatoms. The monoisotopic (exact) mass is 381 g/mol. The van der Waals surface area contributed by atoms with Crippen molar-refractivity contribution < 1.29 is 14.2 Å². The third kappa shape index (κ3) is 3.89. The van der Waals surface area contributed by atoms with Gasteiger partial charge in [-0.3, -0.25) is 0 Å². The summed E-state index contributed by atoms with van der Waals surface area (Å²) in [5.74, 6) is 1.95. The van der Waals surface area contributed by atoms with Crippen LogP contribution in [-0.2, 0) is 23.0 Å². The van der Waals surface area contributed by atoms with E-state index in [-0.39, 0.29) is 5.41 Å². The summed E-state index contributed by atoms with van der Waals surface area (Å²) in [7, 11) is 3.49. The van der Waals surface area contributed by atoms with E-state index in [2.05, 4.69) is 47.8 Å². The molecule has 1 unspecified atom stereocenters. The maximum absolute atomic E-state index is 5.69. The molecule has 0 bridgehead atoms. The summed E-state index contributed by atoms with van der Waals surface area (Å²) in [6.45, 7) is 2.66. The van der Waals surface area contributed by atoms with Crippen molar-refractivity contribution in [3.8, 4) is 11.5 Å². The fourth-order valence-corrected chi connectivity index (χ4v) is 4.75. The average molecular weight is 382 g/mol. The number of ether oxygens (including phenoxy) is 3. The maximum Gasteiger partial charge on any atom is 0.122 e. The SMILES string of the molecule is COc1ccc(C2(CNC3CCc4c(cccc4OC)C3)CCOCC2)cc1. The lowest BCUT2D eigenvalue weighted by Crippen LogP contribution is -2.47. The zero-order valence-electron chi connectivity index (χ0n) is 17.0. The van der Waals surface area contributed by atoms with Crippen molar-refractivity contribution in [3.63, 3.8) is 0 Å². The van der Waals surface area contributed by atoms with Gasteiger partial charge in [0.15, 0.2) is 0 Å². The molecule has 1 aliphatic carbocycles. The number of methoxy groups -OCH3 is 2. The number of nitrogens with one attached hydrogen (secondary N) is 1. The summed E-state index contributed by atoms with van der Waals surface area (Å²) in [4.78, 5) is 0. The number of rotatable bonds is 6. The van der Waals surface area contributed by atoms with Crippen LogP contribution in [0.25, 0.3) is 0 Å². The Morgan fingerprint density at radius 3 is 2.54 bits per heavy atom. The molecule has 2 aliphatic rings. The van der Waals surface area contributed by atoms with Gasteiger partial charge in [0, 0.05) is 31.2 Å². The first-order chi connectivity index (χ1) is 13.7. The van der Waals surface area contributed by atoms with E-state index < -0.39 is 0 Å². The number of hydrogen-bond acceptors (Lipinski definition) is 4. The molecular formula is C24H31NO3. The van der Waals surface area contributed by atoms with Gasteiger partial charge >= 0.3 is 0 Å². The zero-order valence-corrected chi connectivity index (χ0v) is 17.0. The van der Waals surface area contributed by atoms with E-state index in [4.69, 9.17) is 14.2 Å². The number of benzene rings is 2. The molecule has 0 spiro atoms. The normalized spacial score (nSPS) is 21.0. The lowest BCUT2D eigenvalue weighted by atomic mass is 9.73. The van der Waals surface area contributed by atoms with Gasteiger partial charge in [-0.25, -0.2) is 0 Å². The van der Waals surface area contributed by atoms with Crippen LogP contribution < -0.4 is 14.8 Å². The molecule has 1 atom stereocenters. The Bertz CT molecular complexity index is 781. The van der Waals surface area contributed by atoms with E-state index in [1.165, 1.54) is 16.7 Å². The lowest BCUT2D eigenvalue weighted by Gasteiger charge is -2.40. The van der Waals surface area contributed by atoms with E-state index in [0.717, 1.165) is 63.4 Å². The van der Waals surface area contributed by atoms with Gasteiger partial charge < -0.3 is 19.5 Å². The molecule has 1 N–H and O–H groups in total. The molecule has 2 aromatic rings. The minimum atomic E-state index is 0.138. The fourth-order valence-electron chi connectivity index (χ4n) is 4.75. The number of fused-ring (bicyclic) bond motifs is 1. The first-order valence-electron chi connectivity index (χ1n) is 10.3. The molecule has 0 saturated carbocycles. The molecule has 1 heterocycles. The molecule has 4 nitrogen and oxygen atoms in total. The Morgan fingerprint density at radius 1 is 1.04 bits per heavy atom. The Hall–Kier alpha value is -2.04. The summed E-state index contributed by atoms with van der Waals surface area (Å²) in [5.41, 5.74) is 4.34. The van der Waals surface area contributed by atoms with E-state index in [1.807, 2.05) is 0 Å². The van der Waals surface area contributed by atoms with Crippen molar-refractivity contribution >= 4 is 0 Å². The summed E-state index contributed by atoms with van der Waals surface area (Å²) < 4.78 is 16.6. The second kappa shape index (κ2) is 8.54. The van der Waals surface area contributed by atoms with Crippen molar-refractivity contribution in [1.82, 2.24) is 5.32 Å². The van der Waals surface area contributed by atoms with E-state index >= 15 is 0 Å². The van der Waals surface area contributed by atoms with Crippen LogP contribution in [0.1, 0.15) is 36.0 Å². The van der Waals surface area contributed by atoms with Gasteiger partial charge in [0.1, 0.15) is 11.5 Å². The predicted molar refractivity (Wildman–Crippen MR) is 112 cm³/mol. The van der Waals surface area contributed by atoms with Crippen LogP contribution in [0.3, 0.4) is 0 Å². The van der Waals surface area contributed by atoms with Crippen LogP contribution in [0, 0.1) is 0 Å². The second-order valence-corrected chi connectivity index (χ2v) is 8.04. The summed E-state index contributed by atoms with van der Waals surface area (Å²) in [5, 5.41) is 3.91. The molecule has 150 valence electrons. The average Bonchev–Trinajstić information content (AvgIpc) is 2.77. The van der Waals surface area contributed by atoms with Crippen molar-refractivity contribution in [2.24, 2.45) is 0 Å². The minimum Gasteiger partial charge on any atom is -0.497 e. The van der Waals surface area contributed by atoms with Gasteiger partial charge in [0.05, 0.1) is 14.2 Å². The third-order valence-electron chi connectivity index (χ3n) is 6.54. The van der Waals surface area contributed by atoms with Crippen LogP contribution in [-0.4, -0.2) is 40.0 Å². The largest absolute Gasteiger partial charge is 0.497 e. The highest BCUT2D eigenvalue weighted by Gasteiger charge is 2.35. The molecule has 0 radical (unpaired) electrons. The summed E-state index contributed by atoms with van der Waals surface area (Å²) in [6.07, 6.45) is 5.42. The van der Waals surface area contributed by atoms with Gasteiger partial charge in [0.25, 0.3) is 0 Å². The standard InChI is InChI=1S/C24H31NO3/c1-26-21-9-6-19(7-10-21)24(12-14-28-15-13-24)17-25-20-8-11-22-18(16-20)4-3-5-23(22)27-2/h3-7,9-10,20,25H,8,11-17H2,1-2H3. The van der Waals surface area contributed by atoms with Crippen LogP contribution in [0.5, 0.6) is 11.5 Å². The van der Waals surface area contributed by atoms with E-state index in [9.17, 15) is 0 Å². The van der Waals surface area contributed by atoms with E-state index in [0.29, 0.717) is 6.04 Å². The molecule has 2 aromatic carbocycles. The fraction of sp³-hybridized carbons (Fsp3) is 0.500. The smallest absolute Gasteiger partial charge is 0.122 e. The first kappa shape index (κ1) is 19.3. The molecule has 1 fully saturated rings. The number of hydrogen-bond donors (Lipinski definition) is 1. The third-order valence-corrected chi connectivity index (χ3v) is 6.54. The molecule has 0 aromatic heterocycles. The molecule has 1 aliphatic heterocycles. The van der Waals surface area contributed by atoms with Crippen LogP contribution >= 0.6 is 0 Å². The highest BCUT2D eigenvalue weighted by Crippen LogP contribution is 2.36. The van der Waals surface area contributed by atoms with Crippen molar-refractivity contribution in [2.45, 2.75) is 43.6 Å². The van der Waals surface area contributed by atoms with Crippen LogP contribution in [0.15, 0.2) is 42.5 Å². The maximum atomic E-state index is 5.69. The second-order valence-electron chi connectivity index (χ2n) is 8.04. The van der Waals surface area contributed by atoms with Gasteiger partial charge in [-0.1, -0.05) is 24.3 Å². The highest BCUT2D eigenvalue weighted by molar-refractivity contribution is 5.42. The van der Waals surface area contributed by atoms with Gasteiger partial charge in [-0.05, 0) is 67.0 Å². The Balaban J connectivity index is 1.47. The van der Waals surface area contributed by atoms with E-state index in [1.54, 1.807) is 14.2 Å². The molecule has 0 amide bonds. The molecule has 28 heavy (non-hydrogen) atoms. The van der Waals surface area contributed by atoms with Crippen LogP contribution in [0.4, 0.5) is 0 Å². The molecular weight excluding hydrogens is 350 g/mol. The quantitative estimate of drug-likeness (QED) is 0.824. The Morgan fingerprint density at radius 2 is 1.82 bits per heavy atom. The highest BCUT2D eigenvalue weighted by atomic mass is 16.5. The molecule has 4 rings (SSSR count). The summed E-state index contributed by atoms with van der Waals surface area (Å²) in [6, 6.07) is 15.6. The topological polar surface area (TPSA) is 39.7 Å². The predicted octanol–water partition coefficient (Wildman–Crippen LogP) is 3.90. The first-order valence-corrected chi connectivity index (χ1v) is 10.3. The van der Waals surface area contributed by atoms with Crippen molar-refractivity contribution in [1.29, 1.82) is 0 Å². The Labute approximate surface area is 168 Å². The molecule has 1 saturated heterocycles. The minimum absolute atomic E-state index is 0.138. The Kier molecular flexibility index (Phi) is 5.88. The lowest BCUT2D eigenvalue weighted by molar-refractivity contribution is 0.0486. The van der Waals surface area contributed by atoms with Crippen molar-refractivity contribution in [2.75, 3.05) is 34.0 Å². The van der Waals surface area contributed by atoms with Gasteiger partial charge in [-0.2, -0.15) is 0 Å². The zero-order chi connectivity index (χ0) is 19.4. The van der Waals surface area contributed by atoms with Gasteiger partial charge in [0.2, 0.25) is 0 Å². The van der Waals surface area contributed by atoms with Crippen molar-refractivity contribution in [3.05, 3.63) is 59.2 Å². The van der Waals surface area contributed by atoms with Gasteiger partial charge in [-0.15, -0.1) is 0 Å².